The van der Waals surface area contributed by atoms with Gasteiger partial charge < -0.3 is 10.2 Å². The van der Waals surface area contributed by atoms with Gasteiger partial charge in [-0.05, 0) is 18.1 Å². The molecule has 0 unspecified atom stereocenters. The molecule has 4 nitrogen and oxygen atoms in total. The first-order valence-electron chi connectivity index (χ1n) is 4.66. The maximum absolute atomic E-state index is 5.20. The molecule has 0 aliphatic carbocycles. The zero-order valence-corrected chi connectivity index (χ0v) is 7.90. The molecule has 14 heavy (non-hydrogen) atoms. The third kappa shape index (κ3) is 1.83. The molecule has 1 fully saturated rings. The summed E-state index contributed by atoms with van der Waals surface area (Å²) in [4.78, 5) is 2.20. The Morgan fingerprint density at radius 3 is 2.64 bits per heavy atom. The van der Waals surface area contributed by atoms with E-state index >= 15 is 0 Å². The van der Waals surface area contributed by atoms with Gasteiger partial charge in [-0.3, -0.25) is 0 Å². The summed E-state index contributed by atoms with van der Waals surface area (Å²) in [6, 6.07) is 3.75. The predicted molar refractivity (Wildman–Crippen MR) is 55.0 cm³/mol. The smallest absolute Gasteiger partial charge is 0.151 e. The summed E-state index contributed by atoms with van der Waals surface area (Å²) in [7, 11) is 0. The maximum Gasteiger partial charge on any atom is 0.151 e. The molecule has 2 rings (SSSR count). The van der Waals surface area contributed by atoms with Crippen LogP contribution < -0.4 is 10.2 Å². The lowest BCUT2D eigenvalue weighted by Crippen LogP contribution is -2.43. The number of anilines is 1. The third-order valence-corrected chi connectivity index (χ3v) is 2.24. The van der Waals surface area contributed by atoms with Crippen molar-refractivity contribution >= 4 is 5.82 Å². The number of nitrogens with one attached hydrogen (secondary N) is 1. The van der Waals surface area contributed by atoms with Crippen LogP contribution in [0.25, 0.3) is 0 Å². The Bertz CT molecular complexity index is 332. The molecule has 1 aliphatic rings. The molecule has 1 aromatic rings. The van der Waals surface area contributed by atoms with E-state index in [2.05, 4.69) is 26.3 Å². The van der Waals surface area contributed by atoms with Crippen molar-refractivity contribution in [1.29, 1.82) is 0 Å². The number of nitrogens with zero attached hydrogens (tertiary/aromatic N) is 3. The summed E-state index contributed by atoms with van der Waals surface area (Å²) in [6.07, 6.45) is 5.20. The monoisotopic (exact) mass is 188 g/mol. The van der Waals surface area contributed by atoms with Crippen LogP contribution in [-0.4, -0.2) is 36.4 Å². The zero-order valence-electron chi connectivity index (χ0n) is 7.90. The lowest BCUT2D eigenvalue weighted by molar-refractivity contribution is 0.582. The maximum atomic E-state index is 5.20. The van der Waals surface area contributed by atoms with Gasteiger partial charge in [0.25, 0.3) is 0 Å². The Morgan fingerprint density at radius 2 is 2.07 bits per heavy atom. The highest BCUT2D eigenvalue weighted by Crippen LogP contribution is 2.09. The Labute approximate surface area is 83.3 Å². The fourth-order valence-electron chi connectivity index (χ4n) is 1.46. The topological polar surface area (TPSA) is 41.0 Å². The number of piperazine rings is 1. The van der Waals surface area contributed by atoms with Gasteiger partial charge in [-0.15, -0.1) is 16.6 Å². The number of hydrogen-bond acceptors (Lipinski definition) is 4. The molecule has 0 amide bonds. The van der Waals surface area contributed by atoms with Crippen LogP contribution in [0.4, 0.5) is 5.82 Å². The van der Waals surface area contributed by atoms with Gasteiger partial charge in [0.15, 0.2) is 5.82 Å². The van der Waals surface area contributed by atoms with Crippen molar-refractivity contribution in [3.8, 4) is 12.3 Å². The molecule has 0 atom stereocenters. The quantitative estimate of drug-likeness (QED) is 0.623. The Balaban J connectivity index is 2.12. The standard InChI is InChI=1S/C10H12N4/c1-2-9-3-4-10(13-12-9)14-7-5-11-6-8-14/h1,3-4,11H,5-8H2. The van der Waals surface area contributed by atoms with Crippen LogP contribution >= 0.6 is 0 Å². The summed E-state index contributed by atoms with van der Waals surface area (Å²) in [5.74, 6) is 3.36. The van der Waals surface area contributed by atoms with Crippen LogP contribution in [-0.2, 0) is 0 Å². The molecule has 1 saturated heterocycles. The van der Waals surface area contributed by atoms with Crippen molar-refractivity contribution in [2.45, 2.75) is 0 Å². The summed E-state index contributed by atoms with van der Waals surface area (Å²) in [5.41, 5.74) is 0.587. The van der Waals surface area contributed by atoms with Gasteiger partial charge >= 0.3 is 0 Å². The Hall–Kier alpha value is -1.60. The second-order valence-corrected chi connectivity index (χ2v) is 3.16. The molecule has 0 saturated carbocycles. The molecule has 0 spiro atoms. The molecular weight excluding hydrogens is 176 g/mol. The van der Waals surface area contributed by atoms with Crippen molar-refractivity contribution in [3.05, 3.63) is 17.8 Å². The number of aromatic nitrogens is 2. The van der Waals surface area contributed by atoms with E-state index in [0.29, 0.717) is 5.69 Å². The third-order valence-electron chi connectivity index (χ3n) is 2.24. The minimum absolute atomic E-state index is 0.587. The SMILES string of the molecule is C#Cc1ccc(N2CCNCC2)nn1. The van der Waals surface area contributed by atoms with Gasteiger partial charge in [-0.1, -0.05) is 0 Å². The van der Waals surface area contributed by atoms with E-state index in [1.165, 1.54) is 0 Å². The first-order valence-corrected chi connectivity index (χ1v) is 4.66. The fraction of sp³-hybridized carbons (Fsp3) is 0.400. The highest BCUT2D eigenvalue weighted by molar-refractivity contribution is 5.39. The first kappa shape index (κ1) is 8.97. The first-order chi connectivity index (χ1) is 6.90. The molecule has 1 N–H and O–H groups in total. The van der Waals surface area contributed by atoms with E-state index in [1.807, 2.05) is 12.1 Å². The van der Waals surface area contributed by atoms with Crippen LogP contribution in [0.3, 0.4) is 0 Å². The summed E-state index contributed by atoms with van der Waals surface area (Å²) >= 11 is 0. The minimum Gasteiger partial charge on any atom is -0.353 e. The average Bonchev–Trinajstić information content (AvgIpc) is 2.30. The van der Waals surface area contributed by atoms with Gasteiger partial charge in [0.05, 0.1) is 0 Å². The molecular formula is C10H12N4. The van der Waals surface area contributed by atoms with Crippen molar-refractivity contribution in [2.24, 2.45) is 0 Å². The summed E-state index contributed by atoms with van der Waals surface area (Å²) in [6.45, 7) is 3.95. The fourth-order valence-corrected chi connectivity index (χ4v) is 1.46. The lowest BCUT2D eigenvalue weighted by atomic mass is 10.3. The Morgan fingerprint density at radius 1 is 1.29 bits per heavy atom. The largest absolute Gasteiger partial charge is 0.353 e. The normalized spacial score (nSPS) is 16.4. The molecule has 2 heterocycles. The van der Waals surface area contributed by atoms with Crippen LogP contribution in [0, 0.1) is 12.3 Å². The second-order valence-electron chi connectivity index (χ2n) is 3.16. The van der Waals surface area contributed by atoms with E-state index in [9.17, 15) is 0 Å². The molecule has 0 aromatic carbocycles. The van der Waals surface area contributed by atoms with Crippen LogP contribution in [0.15, 0.2) is 12.1 Å². The van der Waals surface area contributed by atoms with E-state index in [4.69, 9.17) is 6.42 Å². The molecule has 0 bridgehead atoms. The molecule has 4 heteroatoms. The second kappa shape index (κ2) is 4.07. The number of rotatable bonds is 1. The van der Waals surface area contributed by atoms with E-state index in [1.54, 1.807) is 0 Å². The van der Waals surface area contributed by atoms with Gasteiger partial charge in [-0.25, -0.2) is 0 Å². The molecule has 0 radical (unpaired) electrons. The Kier molecular flexibility index (Phi) is 2.61. The van der Waals surface area contributed by atoms with Crippen molar-refractivity contribution in [2.75, 3.05) is 31.1 Å². The van der Waals surface area contributed by atoms with Gasteiger partial charge in [0, 0.05) is 26.2 Å². The number of terminal acetylenes is 1. The van der Waals surface area contributed by atoms with Gasteiger partial charge in [0.2, 0.25) is 0 Å². The predicted octanol–water partition coefficient (Wildman–Crippen LogP) is -0.133. The zero-order chi connectivity index (χ0) is 9.80. The molecule has 1 aliphatic heterocycles. The van der Waals surface area contributed by atoms with Crippen molar-refractivity contribution < 1.29 is 0 Å². The lowest BCUT2D eigenvalue weighted by Gasteiger charge is -2.27. The van der Waals surface area contributed by atoms with E-state index in [0.717, 1.165) is 32.0 Å². The summed E-state index contributed by atoms with van der Waals surface area (Å²) < 4.78 is 0. The van der Waals surface area contributed by atoms with Crippen molar-refractivity contribution in [1.82, 2.24) is 15.5 Å². The highest BCUT2D eigenvalue weighted by atomic mass is 15.3. The van der Waals surface area contributed by atoms with Crippen LogP contribution in [0.5, 0.6) is 0 Å². The van der Waals surface area contributed by atoms with E-state index < -0.39 is 0 Å². The van der Waals surface area contributed by atoms with Crippen molar-refractivity contribution in [3.63, 3.8) is 0 Å². The van der Waals surface area contributed by atoms with Gasteiger partial charge in [-0.2, -0.15) is 0 Å². The molecule has 1 aromatic heterocycles. The summed E-state index contributed by atoms with van der Waals surface area (Å²) in [5, 5.41) is 11.3. The average molecular weight is 188 g/mol. The molecule has 72 valence electrons. The van der Waals surface area contributed by atoms with Gasteiger partial charge in [0.1, 0.15) is 5.69 Å². The number of hydrogen-bond donors (Lipinski definition) is 1. The van der Waals surface area contributed by atoms with Crippen LogP contribution in [0.1, 0.15) is 5.69 Å². The highest BCUT2D eigenvalue weighted by Gasteiger charge is 2.11. The van der Waals surface area contributed by atoms with E-state index in [-0.39, 0.29) is 0 Å². The minimum atomic E-state index is 0.587. The van der Waals surface area contributed by atoms with Crippen LogP contribution in [0.2, 0.25) is 0 Å².